The van der Waals surface area contributed by atoms with Crippen molar-refractivity contribution in [1.82, 2.24) is 0 Å². The molecule has 0 amide bonds. The molecule has 0 bridgehead atoms. The first-order valence-corrected chi connectivity index (χ1v) is 3.99. The van der Waals surface area contributed by atoms with E-state index in [1.54, 1.807) is 6.07 Å². The van der Waals surface area contributed by atoms with Crippen molar-refractivity contribution in [3.05, 3.63) is 22.4 Å². The van der Waals surface area contributed by atoms with Gasteiger partial charge in [0.25, 0.3) is 0 Å². The van der Waals surface area contributed by atoms with Gasteiger partial charge in [0.1, 0.15) is 0 Å². The maximum absolute atomic E-state index is 9.88. The summed E-state index contributed by atoms with van der Waals surface area (Å²) in [5.74, 6) is -0.968. The molecule has 0 saturated heterocycles. The molecule has 1 rings (SSSR count). The van der Waals surface area contributed by atoms with Gasteiger partial charge in [-0.25, -0.2) is 0 Å². The summed E-state index contributed by atoms with van der Waals surface area (Å²) in [4.78, 5) is 19.9. The van der Waals surface area contributed by atoms with Crippen LogP contribution in [0.15, 0.2) is 17.5 Å². The fraction of sp³-hybridized carbons (Fsp3) is 0.143. The summed E-state index contributed by atoms with van der Waals surface area (Å²) in [7, 11) is 0. The molecule has 0 spiro atoms. The summed E-state index contributed by atoms with van der Waals surface area (Å²) in [6, 6.07) is 3.64. The molecule has 1 heterocycles. The summed E-state index contributed by atoms with van der Waals surface area (Å²) in [6.07, 6.45) is 0.852. The van der Waals surface area contributed by atoms with E-state index >= 15 is 0 Å². The number of rotatable bonds is 2. The Balaban J connectivity index is 0.000000217. The Morgan fingerprint density at radius 3 is 2.50 bits per heavy atom. The maximum atomic E-state index is 9.88. The second kappa shape index (κ2) is 6.51. The minimum absolute atomic E-state index is 0.278. The van der Waals surface area contributed by atoms with Crippen molar-refractivity contribution < 1.29 is 14.7 Å². The highest BCUT2D eigenvalue weighted by Gasteiger charge is 1.83. The number of carboxylic acid groups (broad SMARTS) is 1. The summed E-state index contributed by atoms with van der Waals surface area (Å²) in [5.41, 5.74) is 4.57. The van der Waals surface area contributed by atoms with E-state index in [9.17, 15) is 9.59 Å². The van der Waals surface area contributed by atoms with E-state index in [0.29, 0.717) is 0 Å². The molecule has 0 aliphatic rings. The van der Waals surface area contributed by atoms with Gasteiger partial charge in [0.2, 0.25) is 0 Å². The average molecular weight is 187 g/mol. The van der Waals surface area contributed by atoms with Crippen LogP contribution in [0.3, 0.4) is 0 Å². The Kier molecular flexibility index (Phi) is 5.86. The first-order valence-electron chi connectivity index (χ1n) is 3.11. The summed E-state index contributed by atoms with van der Waals surface area (Å²) >= 11 is 1.45. The van der Waals surface area contributed by atoms with Crippen molar-refractivity contribution in [2.45, 2.75) is 0 Å². The van der Waals surface area contributed by atoms with Crippen LogP contribution >= 0.6 is 11.3 Å². The van der Waals surface area contributed by atoms with Crippen molar-refractivity contribution in [3.63, 3.8) is 0 Å². The largest absolute Gasteiger partial charge is 0.480 e. The van der Waals surface area contributed by atoms with Crippen molar-refractivity contribution in [2.75, 3.05) is 6.54 Å². The van der Waals surface area contributed by atoms with Crippen LogP contribution in [0.1, 0.15) is 9.67 Å². The highest BCUT2D eigenvalue weighted by Crippen LogP contribution is 2.03. The first kappa shape index (κ1) is 10.8. The standard InChI is InChI=1S/C5H4OS.C2H5NO2/c6-4-5-2-1-3-7-5;3-1-2(4)5/h1-4H;1,3H2,(H,4,5). The zero-order chi connectivity index (χ0) is 9.40. The van der Waals surface area contributed by atoms with Crippen LogP contribution in [-0.2, 0) is 4.79 Å². The zero-order valence-corrected chi connectivity index (χ0v) is 7.08. The Morgan fingerprint density at radius 2 is 2.33 bits per heavy atom. The van der Waals surface area contributed by atoms with E-state index in [1.807, 2.05) is 11.4 Å². The number of nitrogens with two attached hydrogens (primary N) is 1. The predicted molar refractivity (Wildman–Crippen MR) is 46.4 cm³/mol. The molecule has 1 aromatic heterocycles. The number of carbonyl (C=O) groups is 2. The lowest BCUT2D eigenvalue weighted by Gasteiger charge is -1.73. The SMILES string of the molecule is NCC(=O)O.O=Cc1cccs1. The molecular weight excluding hydrogens is 178 g/mol. The van der Waals surface area contributed by atoms with Crippen molar-refractivity contribution >= 4 is 23.6 Å². The van der Waals surface area contributed by atoms with Gasteiger partial charge in [-0.2, -0.15) is 0 Å². The summed E-state index contributed by atoms with van der Waals surface area (Å²) in [5, 5.41) is 9.48. The average Bonchev–Trinajstić information content (AvgIpc) is 2.57. The lowest BCUT2D eigenvalue weighted by Crippen LogP contribution is -2.10. The van der Waals surface area contributed by atoms with E-state index in [2.05, 4.69) is 5.73 Å². The smallest absolute Gasteiger partial charge is 0.317 e. The molecule has 0 radical (unpaired) electrons. The van der Waals surface area contributed by atoms with Crippen LogP contribution in [-0.4, -0.2) is 23.9 Å². The van der Waals surface area contributed by atoms with Gasteiger partial charge in [0.15, 0.2) is 6.29 Å². The number of aliphatic carboxylic acids is 1. The molecule has 0 fully saturated rings. The van der Waals surface area contributed by atoms with E-state index in [0.717, 1.165) is 11.2 Å². The minimum Gasteiger partial charge on any atom is -0.480 e. The number of thiophene rings is 1. The maximum Gasteiger partial charge on any atom is 0.317 e. The topological polar surface area (TPSA) is 80.4 Å². The Morgan fingerprint density at radius 1 is 1.75 bits per heavy atom. The van der Waals surface area contributed by atoms with Crippen molar-refractivity contribution in [3.8, 4) is 0 Å². The minimum atomic E-state index is -0.968. The van der Waals surface area contributed by atoms with E-state index in [4.69, 9.17) is 5.11 Å². The van der Waals surface area contributed by atoms with Gasteiger partial charge in [-0.3, -0.25) is 9.59 Å². The Labute approximate surface area is 73.6 Å². The molecule has 0 saturated carbocycles. The molecule has 4 nitrogen and oxygen atoms in total. The molecule has 5 heteroatoms. The third-order valence-electron chi connectivity index (χ3n) is 0.834. The van der Waals surface area contributed by atoms with Crippen LogP contribution < -0.4 is 5.73 Å². The number of carboxylic acids is 1. The van der Waals surface area contributed by atoms with Gasteiger partial charge in [0, 0.05) is 0 Å². The van der Waals surface area contributed by atoms with Gasteiger partial charge in [-0.15, -0.1) is 11.3 Å². The van der Waals surface area contributed by atoms with E-state index < -0.39 is 5.97 Å². The van der Waals surface area contributed by atoms with Crippen molar-refractivity contribution in [1.29, 1.82) is 0 Å². The van der Waals surface area contributed by atoms with Gasteiger partial charge < -0.3 is 10.8 Å². The fourth-order valence-corrected chi connectivity index (χ4v) is 0.885. The lowest BCUT2D eigenvalue weighted by atomic mass is 10.5. The second-order valence-electron chi connectivity index (χ2n) is 1.73. The molecule has 0 atom stereocenters. The second-order valence-corrected chi connectivity index (χ2v) is 2.71. The molecule has 0 aliphatic carbocycles. The highest BCUT2D eigenvalue weighted by atomic mass is 32.1. The first-order chi connectivity index (χ1) is 5.70. The molecular formula is C7H9NO3S. The number of hydrogen-bond donors (Lipinski definition) is 2. The van der Waals surface area contributed by atoms with Gasteiger partial charge >= 0.3 is 5.97 Å². The lowest BCUT2D eigenvalue weighted by molar-refractivity contribution is -0.135. The monoisotopic (exact) mass is 187 g/mol. The Bertz CT molecular complexity index is 233. The fourth-order valence-electron chi connectivity index (χ4n) is 0.358. The third kappa shape index (κ3) is 5.57. The van der Waals surface area contributed by atoms with Gasteiger partial charge in [0.05, 0.1) is 11.4 Å². The zero-order valence-electron chi connectivity index (χ0n) is 6.27. The van der Waals surface area contributed by atoms with Gasteiger partial charge in [-0.1, -0.05) is 6.07 Å². The molecule has 66 valence electrons. The molecule has 12 heavy (non-hydrogen) atoms. The molecule has 0 aliphatic heterocycles. The van der Waals surface area contributed by atoms with Crippen LogP contribution in [0.25, 0.3) is 0 Å². The normalized spacial score (nSPS) is 8.08. The number of carbonyl (C=O) groups excluding carboxylic acids is 1. The summed E-state index contributed by atoms with van der Waals surface area (Å²) < 4.78 is 0. The van der Waals surface area contributed by atoms with Crippen LogP contribution in [0, 0.1) is 0 Å². The highest BCUT2D eigenvalue weighted by molar-refractivity contribution is 7.11. The number of hydrogen-bond acceptors (Lipinski definition) is 4. The predicted octanol–water partition coefficient (Wildman–Crippen LogP) is 0.590. The molecule has 0 unspecified atom stereocenters. The van der Waals surface area contributed by atoms with Gasteiger partial charge in [-0.05, 0) is 11.4 Å². The summed E-state index contributed by atoms with van der Waals surface area (Å²) in [6.45, 7) is -0.278. The third-order valence-corrected chi connectivity index (χ3v) is 1.63. The quantitative estimate of drug-likeness (QED) is 0.664. The van der Waals surface area contributed by atoms with Crippen molar-refractivity contribution in [2.24, 2.45) is 5.73 Å². The molecule has 3 N–H and O–H groups in total. The van der Waals surface area contributed by atoms with E-state index in [1.165, 1.54) is 11.3 Å². The van der Waals surface area contributed by atoms with E-state index in [-0.39, 0.29) is 6.54 Å². The van der Waals surface area contributed by atoms with Crippen LogP contribution in [0.4, 0.5) is 0 Å². The van der Waals surface area contributed by atoms with Crippen LogP contribution in [0.5, 0.6) is 0 Å². The molecule has 1 aromatic rings. The molecule has 0 aromatic carbocycles. The number of aldehydes is 1. The van der Waals surface area contributed by atoms with Crippen LogP contribution in [0.2, 0.25) is 0 Å². The Hall–Kier alpha value is -1.20.